The smallest absolute Gasteiger partial charge is 0.296 e. The minimum Gasteiger partial charge on any atom is -0.367 e. The molecule has 2 aromatic rings. The predicted molar refractivity (Wildman–Crippen MR) is 115 cm³/mol. The largest absolute Gasteiger partial charge is 0.367 e. The first-order chi connectivity index (χ1) is 14.5. The first-order valence-electron chi connectivity index (χ1n) is 10.6. The molecule has 1 aliphatic heterocycles. The van der Waals surface area contributed by atoms with Gasteiger partial charge in [-0.15, -0.1) is 0 Å². The summed E-state index contributed by atoms with van der Waals surface area (Å²) in [5.41, 5.74) is 9.09. The number of carbonyl (C=O) groups excluding carboxylic acids is 2. The number of fused-ring (bicyclic) bond motifs is 3. The number of primary amides is 1. The van der Waals surface area contributed by atoms with Crippen LogP contribution in [0.15, 0.2) is 6.07 Å². The summed E-state index contributed by atoms with van der Waals surface area (Å²) in [5.74, 6) is 3.72. The van der Waals surface area contributed by atoms with E-state index >= 15 is 4.39 Å². The highest BCUT2D eigenvalue weighted by Crippen LogP contribution is 2.39. The maximum absolute atomic E-state index is 15.4. The van der Waals surface area contributed by atoms with Crippen LogP contribution in [0, 0.1) is 17.7 Å². The van der Waals surface area contributed by atoms with Gasteiger partial charge in [0, 0.05) is 30.2 Å². The van der Waals surface area contributed by atoms with Crippen LogP contribution in [-0.4, -0.2) is 35.9 Å². The fourth-order valence-corrected chi connectivity index (χ4v) is 4.85. The number of aromatic amines is 1. The molecule has 0 spiro atoms. The van der Waals surface area contributed by atoms with Crippen molar-refractivity contribution >= 4 is 28.4 Å². The van der Waals surface area contributed by atoms with E-state index in [1.165, 1.54) is 6.07 Å². The molecule has 2 aliphatic rings. The number of piperidine rings is 1. The quantitative estimate of drug-likeness (QED) is 0.537. The maximum Gasteiger partial charge on any atom is 0.296 e. The molecule has 2 heterocycles. The molecule has 2 amide bonds. The monoisotopic (exact) mass is 410 g/mol. The third-order valence-corrected chi connectivity index (χ3v) is 6.13. The van der Waals surface area contributed by atoms with Crippen LogP contribution in [0.25, 0.3) is 10.9 Å². The number of aromatic nitrogens is 1. The van der Waals surface area contributed by atoms with E-state index < -0.39 is 11.7 Å². The van der Waals surface area contributed by atoms with Gasteiger partial charge in [0.25, 0.3) is 11.8 Å². The summed E-state index contributed by atoms with van der Waals surface area (Å²) in [6.45, 7) is 2.81. The normalized spacial score (nSPS) is 18.9. The lowest BCUT2D eigenvalue weighted by molar-refractivity contribution is -0.116. The van der Waals surface area contributed by atoms with Crippen molar-refractivity contribution in [1.82, 2.24) is 10.3 Å². The van der Waals surface area contributed by atoms with Gasteiger partial charge in [0.05, 0.1) is 16.8 Å². The van der Waals surface area contributed by atoms with E-state index in [0.717, 1.165) is 61.6 Å². The van der Waals surface area contributed by atoms with E-state index in [1.54, 1.807) is 6.92 Å². The summed E-state index contributed by atoms with van der Waals surface area (Å²) in [4.78, 5) is 29.3. The number of halogens is 1. The third-order valence-electron chi connectivity index (χ3n) is 6.13. The summed E-state index contributed by atoms with van der Waals surface area (Å²) < 4.78 is 15.4. The van der Waals surface area contributed by atoms with Gasteiger partial charge in [0.2, 0.25) is 0 Å². The molecule has 0 bridgehead atoms. The molecule has 1 aromatic heterocycles. The lowest BCUT2D eigenvalue weighted by Gasteiger charge is -2.35. The van der Waals surface area contributed by atoms with E-state index in [9.17, 15) is 9.59 Å². The zero-order chi connectivity index (χ0) is 21.3. The standard InChI is InChI=1S/C23H27FN4O2/c1-2-7-19(29)26-14-8-6-11-28(13-14)22-17(24)12-16(23(25)30)21-20(22)15-9-4-3-5-10-18(15)27-21/h12,14,27H,3-6,8-11,13H2,1H3,(H2,25,30)(H,26,29)/t14-/m0/s1. The number of aryl methyl sites for hydroxylation is 2. The van der Waals surface area contributed by atoms with E-state index in [4.69, 9.17) is 5.73 Å². The minimum atomic E-state index is -0.635. The number of nitrogens with zero attached hydrogens (tertiary/aromatic N) is 1. The number of nitrogens with one attached hydrogen (secondary N) is 2. The van der Waals surface area contributed by atoms with Gasteiger partial charge in [0.15, 0.2) is 0 Å². The molecular formula is C23H27FN4O2. The molecule has 30 heavy (non-hydrogen) atoms. The predicted octanol–water partition coefficient (Wildman–Crippen LogP) is 2.78. The number of amides is 2. The summed E-state index contributed by atoms with van der Waals surface area (Å²) in [5, 5.41) is 3.70. The molecule has 4 N–H and O–H groups in total. The molecule has 0 unspecified atom stereocenters. The molecular weight excluding hydrogens is 383 g/mol. The van der Waals surface area contributed by atoms with Crippen molar-refractivity contribution in [1.29, 1.82) is 0 Å². The summed E-state index contributed by atoms with van der Waals surface area (Å²) in [7, 11) is 0. The molecule has 158 valence electrons. The summed E-state index contributed by atoms with van der Waals surface area (Å²) in [6, 6.07) is 1.15. The minimum absolute atomic E-state index is 0.102. The van der Waals surface area contributed by atoms with Gasteiger partial charge in [-0.1, -0.05) is 12.3 Å². The number of nitrogens with two attached hydrogens (primary N) is 1. The Balaban J connectivity index is 1.79. The van der Waals surface area contributed by atoms with Crippen LogP contribution in [0.3, 0.4) is 0 Å². The lowest BCUT2D eigenvalue weighted by atomic mass is 9.98. The van der Waals surface area contributed by atoms with Crippen molar-refractivity contribution in [3.63, 3.8) is 0 Å². The van der Waals surface area contributed by atoms with E-state index in [0.29, 0.717) is 24.3 Å². The van der Waals surface area contributed by atoms with Crippen molar-refractivity contribution in [2.45, 2.75) is 57.9 Å². The van der Waals surface area contributed by atoms with Crippen molar-refractivity contribution < 1.29 is 14.0 Å². The molecule has 1 fully saturated rings. The van der Waals surface area contributed by atoms with Crippen LogP contribution >= 0.6 is 0 Å². The SMILES string of the molecule is CC#CC(=O)N[C@H]1CCCN(c2c(F)cc(C(N)=O)c3[nH]c4c(c23)CCCCC4)C1. The number of anilines is 1. The van der Waals surface area contributed by atoms with Gasteiger partial charge in [-0.3, -0.25) is 9.59 Å². The Bertz CT molecular complexity index is 1060. The number of hydrogen-bond acceptors (Lipinski definition) is 3. The third kappa shape index (κ3) is 3.74. The molecule has 0 saturated carbocycles. The fraction of sp³-hybridized carbons (Fsp3) is 0.478. The number of rotatable bonds is 3. The Morgan fingerprint density at radius 3 is 2.83 bits per heavy atom. The van der Waals surface area contributed by atoms with Crippen LogP contribution in [0.1, 0.15) is 60.6 Å². The van der Waals surface area contributed by atoms with Gasteiger partial charge in [-0.25, -0.2) is 4.39 Å². The molecule has 1 atom stereocenters. The number of carbonyl (C=O) groups is 2. The highest BCUT2D eigenvalue weighted by Gasteiger charge is 2.29. The van der Waals surface area contributed by atoms with Gasteiger partial charge in [-0.05, 0) is 63.0 Å². The molecule has 6 nitrogen and oxygen atoms in total. The first kappa shape index (κ1) is 20.3. The second kappa shape index (κ2) is 8.39. The molecule has 7 heteroatoms. The Hall–Kier alpha value is -3.01. The number of H-pyrrole nitrogens is 1. The molecule has 0 radical (unpaired) electrons. The highest BCUT2D eigenvalue weighted by atomic mass is 19.1. The van der Waals surface area contributed by atoms with Gasteiger partial charge < -0.3 is 20.9 Å². The first-order valence-corrected chi connectivity index (χ1v) is 10.6. The Labute approximate surface area is 175 Å². The summed E-state index contributed by atoms with van der Waals surface area (Å²) in [6.07, 6.45) is 6.63. The molecule has 4 rings (SSSR count). The van der Waals surface area contributed by atoms with Gasteiger partial charge >= 0.3 is 0 Å². The number of benzene rings is 1. The molecule has 1 aliphatic carbocycles. The van der Waals surface area contributed by atoms with Crippen LogP contribution in [-0.2, 0) is 17.6 Å². The maximum atomic E-state index is 15.4. The van der Waals surface area contributed by atoms with E-state index in [1.807, 2.05) is 4.90 Å². The van der Waals surface area contributed by atoms with Crippen molar-refractivity contribution in [3.05, 3.63) is 28.7 Å². The lowest BCUT2D eigenvalue weighted by Crippen LogP contribution is -2.47. The zero-order valence-corrected chi connectivity index (χ0v) is 17.2. The average Bonchev–Trinajstić information content (AvgIpc) is 2.90. The van der Waals surface area contributed by atoms with E-state index in [2.05, 4.69) is 22.1 Å². The van der Waals surface area contributed by atoms with Crippen LogP contribution < -0.4 is 16.0 Å². The average molecular weight is 410 g/mol. The fourth-order valence-electron chi connectivity index (χ4n) is 4.85. The van der Waals surface area contributed by atoms with Crippen molar-refractivity contribution in [2.24, 2.45) is 5.73 Å². The molecule has 1 aromatic carbocycles. The van der Waals surface area contributed by atoms with Crippen LogP contribution in [0.5, 0.6) is 0 Å². The second-order valence-electron chi connectivity index (χ2n) is 8.15. The van der Waals surface area contributed by atoms with Crippen molar-refractivity contribution in [3.8, 4) is 11.8 Å². The Morgan fingerprint density at radius 1 is 1.27 bits per heavy atom. The van der Waals surface area contributed by atoms with Gasteiger partial charge in [-0.2, -0.15) is 0 Å². The molecule has 1 saturated heterocycles. The topological polar surface area (TPSA) is 91.2 Å². The van der Waals surface area contributed by atoms with Crippen LogP contribution in [0.2, 0.25) is 0 Å². The Kier molecular flexibility index (Phi) is 5.67. The number of hydrogen-bond donors (Lipinski definition) is 3. The van der Waals surface area contributed by atoms with Gasteiger partial charge in [0.1, 0.15) is 5.82 Å². The van der Waals surface area contributed by atoms with E-state index in [-0.39, 0.29) is 17.5 Å². The van der Waals surface area contributed by atoms with Crippen molar-refractivity contribution in [2.75, 3.05) is 18.0 Å². The summed E-state index contributed by atoms with van der Waals surface area (Å²) >= 11 is 0. The van der Waals surface area contributed by atoms with Crippen LogP contribution in [0.4, 0.5) is 10.1 Å². The Morgan fingerprint density at radius 2 is 2.07 bits per heavy atom. The zero-order valence-electron chi connectivity index (χ0n) is 17.2. The highest BCUT2D eigenvalue weighted by molar-refractivity contribution is 6.10. The second-order valence-corrected chi connectivity index (χ2v) is 8.15.